The average Bonchev–Trinajstić information content (AvgIpc) is 2.45. The number of rotatable bonds is 3. The van der Waals surface area contributed by atoms with Gasteiger partial charge in [-0.1, -0.05) is 24.0 Å². The van der Waals surface area contributed by atoms with Crippen LogP contribution in [0.2, 0.25) is 0 Å². The van der Waals surface area contributed by atoms with E-state index in [1.165, 1.54) is 18.2 Å². The van der Waals surface area contributed by atoms with E-state index in [4.69, 9.17) is 5.73 Å². The van der Waals surface area contributed by atoms with Gasteiger partial charge in [0.15, 0.2) is 0 Å². The molecule has 0 radical (unpaired) electrons. The SMILES string of the molecule is NCC#Cc1cccc(NS(=O)(=O)c2cccc(F)c2)c1. The van der Waals surface area contributed by atoms with E-state index in [0.29, 0.717) is 11.3 Å². The van der Waals surface area contributed by atoms with Gasteiger partial charge in [-0.2, -0.15) is 0 Å². The summed E-state index contributed by atoms with van der Waals surface area (Å²) < 4.78 is 39.8. The van der Waals surface area contributed by atoms with E-state index >= 15 is 0 Å². The summed E-state index contributed by atoms with van der Waals surface area (Å²) >= 11 is 0. The third-order valence-corrected chi connectivity index (χ3v) is 3.93. The zero-order chi connectivity index (χ0) is 15.3. The summed E-state index contributed by atoms with van der Waals surface area (Å²) in [5.74, 6) is 4.88. The van der Waals surface area contributed by atoms with Gasteiger partial charge in [-0.05, 0) is 36.4 Å². The third kappa shape index (κ3) is 4.05. The number of nitrogens with two attached hydrogens (primary N) is 1. The van der Waals surface area contributed by atoms with Crippen LogP contribution in [-0.2, 0) is 10.0 Å². The molecule has 6 heteroatoms. The lowest BCUT2D eigenvalue weighted by Crippen LogP contribution is -2.13. The smallest absolute Gasteiger partial charge is 0.261 e. The van der Waals surface area contributed by atoms with Crippen LogP contribution in [0.3, 0.4) is 0 Å². The Kier molecular flexibility index (Phi) is 4.58. The van der Waals surface area contributed by atoms with Crippen molar-refractivity contribution in [2.75, 3.05) is 11.3 Å². The number of halogens is 1. The number of sulfonamides is 1. The van der Waals surface area contributed by atoms with Gasteiger partial charge in [0.05, 0.1) is 17.1 Å². The molecule has 0 unspecified atom stereocenters. The topological polar surface area (TPSA) is 72.2 Å². The summed E-state index contributed by atoms with van der Waals surface area (Å²) in [7, 11) is -3.84. The minimum atomic E-state index is -3.84. The zero-order valence-corrected chi connectivity index (χ0v) is 11.8. The highest BCUT2D eigenvalue weighted by atomic mass is 32.2. The molecule has 108 valence electrons. The Labute approximate surface area is 122 Å². The van der Waals surface area contributed by atoms with Crippen molar-refractivity contribution in [3.8, 4) is 11.8 Å². The van der Waals surface area contributed by atoms with Crippen LogP contribution in [0.4, 0.5) is 10.1 Å². The Hall–Kier alpha value is -2.36. The molecule has 0 aliphatic heterocycles. The molecule has 0 spiro atoms. The van der Waals surface area contributed by atoms with Crippen LogP contribution in [0.1, 0.15) is 5.56 Å². The molecular formula is C15H13FN2O2S. The normalized spacial score (nSPS) is 10.6. The number of nitrogens with one attached hydrogen (secondary N) is 1. The Morgan fingerprint density at radius 3 is 2.62 bits per heavy atom. The van der Waals surface area contributed by atoms with Crippen LogP contribution >= 0.6 is 0 Å². The Bertz CT molecular complexity index is 808. The van der Waals surface area contributed by atoms with Crippen LogP contribution in [0.25, 0.3) is 0 Å². The lowest BCUT2D eigenvalue weighted by molar-refractivity contribution is 0.595. The van der Waals surface area contributed by atoms with E-state index in [1.807, 2.05) is 0 Å². The molecule has 2 rings (SSSR count). The van der Waals surface area contributed by atoms with Crippen molar-refractivity contribution in [1.29, 1.82) is 0 Å². The lowest BCUT2D eigenvalue weighted by Gasteiger charge is -2.08. The first-order valence-corrected chi connectivity index (χ1v) is 7.57. The van der Waals surface area contributed by atoms with E-state index in [2.05, 4.69) is 16.6 Å². The highest BCUT2D eigenvalue weighted by molar-refractivity contribution is 7.92. The lowest BCUT2D eigenvalue weighted by atomic mass is 10.2. The molecule has 0 aromatic heterocycles. The maximum Gasteiger partial charge on any atom is 0.261 e. The zero-order valence-electron chi connectivity index (χ0n) is 11.0. The molecule has 0 saturated heterocycles. The van der Waals surface area contributed by atoms with Crippen molar-refractivity contribution in [2.45, 2.75) is 4.90 Å². The molecule has 2 aromatic rings. The first-order valence-electron chi connectivity index (χ1n) is 6.09. The molecule has 3 N–H and O–H groups in total. The van der Waals surface area contributed by atoms with Crippen molar-refractivity contribution in [2.24, 2.45) is 5.73 Å². The second-order valence-corrected chi connectivity index (χ2v) is 5.83. The molecule has 4 nitrogen and oxygen atoms in total. The molecule has 0 atom stereocenters. The molecular weight excluding hydrogens is 291 g/mol. The third-order valence-electron chi connectivity index (χ3n) is 2.56. The highest BCUT2D eigenvalue weighted by Gasteiger charge is 2.14. The molecule has 0 heterocycles. The summed E-state index contributed by atoms with van der Waals surface area (Å²) in [6, 6.07) is 11.4. The second kappa shape index (κ2) is 6.39. The number of hydrogen-bond acceptors (Lipinski definition) is 3. The minimum Gasteiger partial charge on any atom is -0.320 e. The quantitative estimate of drug-likeness (QED) is 0.851. The largest absolute Gasteiger partial charge is 0.320 e. The summed E-state index contributed by atoms with van der Waals surface area (Å²) in [6.45, 7) is 0.221. The fraction of sp³-hybridized carbons (Fsp3) is 0.0667. The fourth-order valence-electron chi connectivity index (χ4n) is 1.66. The molecule has 0 fully saturated rings. The molecule has 0 aliphatic carbocycles. The maximum atomic E-state index is 13.1. The summed E-state index contributed by atoms with van der Waals surface area (Å²) in [5, 5.41) is 0. The Morgan fingerprint density at radius 1 is 1.14 bits per heavy atom. The predicted octanol–water partition coefficient (Wildman–Crippen LogP) is 1.94. The Morgan fingerprint density at radius 2 is 1.90 bits per heavy atom. The van der Waals surface area contributed by atoms with Crippen LogP contribution < -0.4 is 10.5 Å². The number of hydrogen-bond donors (Lipinski definition) is 2. The molecule has 0 saturated carbocycles. The van der Waals surface area contributed by atoms with Gasteiger partial charge >= 0.3 is 0 Å². The van der Waals surface area contributed by atoms with Gasteiger partial charge in [-0.25, -0.2) is 12.8 Å². The molecule has 21 heavy (non-hydrogen) atoms. The predicted molar refractivity (Wildman–Crippen MR) is 79.6 cm³/mol. The summed E-state index contributed by atoms with van der Waals surface area (Å²) in [4.78, 5) is -0.138. The van der Waals surface area contributed by atoms with Gasteiger partial charge in [0.25, 0.3) is 10.0 Å². The van der Waals surface area contributed by atoms with Crippen molar-refractivity contribution in [3.63, 3.8) is 0 Å². The maximum absolute atomic E-state index is 13.1. The summed E-state index contributed by atoms with van der Waals surface area (Å²) in [6.07, 6.45) is 0. The van der Waals surface area contributed by atoms with Gasteiger partial charge in [0, 0.05) is 5.56 Å². The van der Waals surface area contributed by atoms with E-state index < -0.39 is 15.8 Å². The van der Waals surface area contributed by atoms with E-state index in [0.717, 1.165) is 6.07 Å². The van der Waals surface area contributed by atoms with E-state index in [9.17, 15) is 12.8 Å². The summed E-state index contributed by atoms with van der Waals surface area (Å²) in [5.41, 5.74) is 6.27. The van der Waals surface area contributed by atoms with E-state index in [1.54, 1.807) is 24.3 Å². The Balaban J connectivity index is 2.29. The monoisotopic (exact) mass is 304 g/mol. The van der Waals surface area contributed by atoms with Gasteiger partial charge in [-0.15, -0.1) is 0 Å². The first-order chi connectivity index (χ1) is 10.0. The molecule has 0 amide bonds. The van der Waals surface area contributed by atoms with Crippen LogP contribution in [-0.4, -0.2) is 15.0 Å². The van der Waals surface area contributed by atoms with Crippen LogP contribution in [0, 0.1) is 17.7 Å². The molecule has 0 bridgehead atoms. The van der Waals surface area contributed by atoms with Gasteiger partial charge < -0.3 is 5.73 Å². The van der Waals surface area contributed by atoms with Crippen molar-refractivity contribution >= 4 is 15.7 Å². The highest BCUT2D eigenvalue weighted by Crippen LogP contribution is 2.17. The minimum absolute atomic E-state index is 0.138. The van der Waals surface area contributed by atoms with Gasteiger partial charge in [-0.3, -0.25) is 4.72 Å². The first kappa shape index (κ1) is 15.0. The number of anilines is 1. The van der Waals surface area contributed by atoms with Crippen molar-refractivity contribution in [3.05, 3.63) is 59.9 Å². The standard InChI is InChI=1S/C15H13FN2O2S/c16-13-6-2-8-15(11-13)21(19,20)18-14-7-1-4-12(10-14)5-3-9-17/h1-2,4,6-8,10-11,18H,9,17H2. The van der Waals surface area contributed by atoms with Crippen LogP contribution in [0.5, 0.6) is 0 Å². The average molecular weight is 304 g/mol. The van der Waals surface area contributed by atoms with E-state index in [-0.39, 0.29) is 11.4 Å². The van der Waals surface area contributed by atoms with Crippen molar-refractivity contribution in [1.82, 2.24) is 0 Å². The molecule has 0 aliphatic rings. The van der Waals surface area contributed by atoms with Crippen LogP contribution in [0.15, 0.2) is 53.4 Å². The molecule has 2 aromatic carbocycles. The second-order valence-electron chi connectivity index (χ2n) is 4.15. The number of benzene rings is 2. The van der Waals surface area contributed by atoms with Crippen molar-refractivity contribution < 1.29 is 12.8 Å². The van der Waals surface area contributed by atoms with Gasteiger partial charge in [0.1, 0.15) is 5.82 Å². The van der Waals surface area contributed by atoms with Gasteiger partial charge in [0.2, 0.25) is 0 Å². The fourth-order valence-corrected chi connectivity index (χ4v) is 2.74.